The minimum atomic E-state index is 0.0170. The van der Waals surface area contributed by atoms with E-state index in [0.29, 0.717) is 15.6 Å². The minimum Gasteiger partial charge on any atom is -0.378 e. The minimum absolute atomic E-state index is 0.0170. The van der Waals surface area contributed by atoms with Crippen LogP contribution in [0.25, 0.3) is 0 Å². The largest absolute Gasteiger partial charge is 0.378 e. The quantitative estimate of drug-likeness (QED) is 0.741. The molecule has 2 aromatic carbocycles. The van der Waals surface area contributed by atoms with Crippen LogP contribution in [0.4, 0.5) is 5.69 Å². The Labute approximate surface area is 136 Å². The first-order valence-corrected chi connectivity index (χ1v) is 7.47. The maximum absolute atomic E-state index is 8.98. The Kier molecular flexibility index (Phi) is 4.93. The predicted octanol–water partition coefficient (Wildman–Crippen LogP) is 5.80. The monoisotopic (exact) mass is 368 g/mol. The van der Waals surface area contributed by atoms with E-state index in [4.69, 9.17) is 28.5 Å². The summed E-state index contributed by atoms with van der Waals surface area (Å²) in [4.78, 5) is 0. The summed E-state index contributed by atoms with van der Waals surface area (Å²) < 4.78 is 0.941. The highest BCUT2D eigenvalue weighted by Gasteiger charge is 2.11. The van der Waals surface area contributed by atoms with Gasteiger partial charge in [0.15, 0.2) is 0 Å². The summed E-state index contributed by atoms with van der Waals surface area (Å²) in [5, 5.41) is 13.4. The fraction of sp³-hybridized carbons (Fsp3) is 0.133. The molecule has 5 heteroatoms. The SMILES string of the molecule is CC(Nc1ccc(Cl)c(C#N)c1)c1ccc(Br)cc1Cl. The number of benzene rings is 2. The Hall–Kier alpha value is -1.21. The predicted molar refractivity (Wildman–Crippen MR) is 87.4 cm³/mol. The maximum atomic E-state index is 8.98. The van der Waals surface area contributed by atoms with Gasteiger partial charge in [-0.15, -0.1) is 0 Å². The van der Waals surface area contributed by atoms with Gasteiger partial charge in [0.05, 0.1) is 10.6 Å². The highest BCUT2D eigenvalue weighted by molar-refractivity contribution is 9.10. The fourth-order valence-electron chi connectivity index (χ4n) is 1.88. The molecule has 0 aliphatic heterocycles. The van der Waals surface area contributed by atoms with Gasteiger partial charge in [-0.25, -0.2) is 0 Å². The number of nitrogens with zero attached hydrogens (tertiary/aromatic N) is 1. The van der Waals surface area contributed by atoms with Gasteiger partial charge >= 0.3 is 0 Å². The van der Waals surface area contributed by atoms with Crippen LogP contribution in [0.1, 0.15) is 24.1 Å². The van der Waals surface area contributed by atoms with Crippen LogP contribution in [-0.4, -0.2) is 0 Å². The summed E-state index contributed by atoms with van der Waals surface area (Å²) in [5.41, 5.74) is 2.27. The van der Waals surface area contributed by atoms with Crippen molar-refractivity contribution in [1.82, 2.24) is 0 Å². The molecule has 20 heavy (non-hydrogen) atoms. The van der Waals surface area contributed by atoms with E-state index in [1.807, 2.05) is 31.2 Å². The molecule has 0 radical (unpaired) electrons. The zero-order valence-corrected chi connectivity index (χ0v) is 13.7. The molecule has 2 nitrogen and oxygen atoms in total. The Balaban J connectivity index is 2.23. The molecule has 2 rings (SSSR count). The Morgan fingerprint density at radius 2 is 1.90 bits per heavy atom. The summed E-state index contributed by atoms with van der Waals surface area (Å²) in [6.45, 7) is 2.01. The summed E-state index contributed by atoms with van der Waals surface area (Å²) in [6, 6.07) is 13.1. The molecule has 1 N–H and O–H groups in total. The second kappa shape index (κ2) is 6.49. The van der Waals surface area contributed by atoms with Gasteiger partial charge in [0.25, 0.3) is 0 Å². The van der Waals surface area contributed by atoms with Gasteiger partial charge in [0, 0.05) is 21.2 Å². The molecule has 1 unspecified atom stereocenters. The molecule has 0 heterocycles. The molecule has 0 fully saturated rings. The van der Waals surface area contributed by atoms with Crippen molar-refractivity contribution in [3.8, 4) is 6.07 Å². The summed E-state index contributed by atoms with van der Waals surface area (Å²) in [5.74, 6) is 0. The van der Waals surface area contributed by atoms with Crippen molar-refractivity contribution < 1.29 is 0 Å². The van der Waals surface area contributed by atoms with Crippen LogP contribution in [0, 0.1) is 11.3 Å². The zero-order chi connectivity index (χ0) is 14.7. The second-order valence-electron chi connectivity index (χ2n) is 4.34. The second-order valence-corrected chi connectivity index (χ2v) is 6.07. The van der Waals surface area contributed by atoms with Gasteiger partial charge in [-0.05, 0) is 42.8 Å². The molecule has 0 saturated carbocycles. The van der Waals surface area contributed by atoms with Crippen LogP contribution >= 0.6 is 39.1 Å². The maximum Gasteiger partial charge on any atom is 0.101 e. The van der Waals surface area contributed by atoms with E-state index in [1.165, 1.54) is 0 Å². The third-order valence-electron chi connectivity index (χ3n) is 2.90. The van der Waals surface area contributed by atoms with Crippen molar-refractivity contribution >= 4 is 44.8 Å². The van der Waals surface area contributed by atoms with Gasteiger partial charge in [-0.2, -0.15) is 5.26 Å². The van der Waals surface area contributed by atoms with Crippen LogP contribution in [0.3, 0.4) is 0 Å². The molecule has 0 saturated heterocycles. The highest BCUT2D eigenvalue weighted by Crippen LogP contribution is 2.29. The topological polar surface area (TPSA) is 35.8 Å². The standard InChI is InChI=1S/C15H11BrCl2N2/c1-9(13-4-2-11(16)7-15(13)18)20-12-3-5-14(17)10(6-12)8-19/h2-7,9,20H,1H3. The smallest absolute Gasteiger partial charge is 0.101 e. The summed E-state index contributed by atoms with van der Waals surface area (Å²) >= 11 is 15.5. The number of halogens is 3. The number of nitrogens with one attached hydrogen (secondary N) is 1. The Bertz CT molecular complexity index is 680. The Morgan fingerprint density at radius 1 is 1.15 bits per heavy atom. The first-order valence-electron chi connectivity index (χ1n) is 5.92. The first-order chi connectivity index (χ1) is 9.51. The average molecular weight is 370 g/mol. The summed E-state index contributed by atoms with van der Waals surface area (Å²) in [7, 11) is 0. The molecule has 1 atom stereocenters. The molecular weight excluding hydrogens is 359 g/mol. The van der Waals surface area contributed by atoms with E-state index >= 15 is 0 Å². The lowest BCUT2D eigenvalue weighted by Crippen LogP contribution is -2.07. The Morgan fingerprint density at radius 3 is 2.55 bits per heavy atom. The molecular formula is C15H11BrCl2N2. The van der Waals surface area contributed by atoms with E-state index in [0.717, 1.165) is 15.7 Å². The number of anilines is 1. The molecule has 102 valence electrons. The van der Waals surface area contributed by atoms with Crippen molar-refractivity contribution in [2.24, 2.45) is 0 Å². The van der Waals surface area contributed by atoms with Crippen molar-refractivity contribution in [2.75, 3.05) is 5.32 Å². The van der Waals surface area contributed by atoms with Crippen LogP contribution in [-0.2, 0) is 0 Å². The lowest BCUT2D eigenvalue weighted by Gasteiger charge is -2.17. The van der Waals surface area contributed by atoms with Gasteiger partial charge < -0.3 is 5.32 Å². The number of rotatable bonds is 3. The molecule has 2 aromatic rings. The van der Waals surface area contributed by atoms with Gasteiger partial charge in [-0.1, -0.05) is 45.2 Å². The highest BCUT2D eigenvalue weighted by atomic mass is 79.9. The molecule has 0 aliphatic carbocycles. The molecule has 0 spiro atoms. The molecule has 0 aliphatic rings. The van der Waals surface area contributed by atoms with Gasteiger partial charge in [-0.3, -0.25) is 0 Å². The zero-order valence-electron chi connectivity index (χ0n) is 10.6. The third-order valence-corrected chi connectivity index (χ3v) is 4.05. The first kappa shape index (κ1) is 15.2. The lowest BCUT2D eigenvalue weighted by atomic mass is 10.1. The van der Waals surface area contributed by atoms with E-state index in [2.05, 4.69) is 27.3 Å². The van der Waals surface area contributed by atoms with Gasteiger partial charge in [0.1, 0.15) is 6.07 Å². The number of nitriles is 1. The third kappa shape index (κ3) is 3.46. The number of hydrogen-bond acceptors (Lipinski definition) is 2. The summed E-state index contributed by atoms with van der Waals surface area (Å²) in [6.07, 6.45) is 0. The molecule has 0 bridgehead atoms. The van der Waals surface area contributed by atoms with E-state index in [9.17, 15) is 0 Å². The van der Waals surface area contributed by atoms with Crippen LogP contribution < -0.4 is 5.32 Å². The van der Waals surface area contributed by atoms with E-state index < -0.39 is 0 Å². The van der Waals surface area contributed by atoms with Crippen LogP contribution in [0.15, 0.2) is 40.9 Å². The van der Waals surface area contributed by atoms with Crippen LogP contribution in [0.2, 0.25) is 10.0 Å². The molecule has 0 amide bonds. The van der Waals surface area contributed by atoms with Crippen molar-refractivity contribution in [3.63, 3.8) is 0 Å². The van der Waals surface area contributed by atoms with E-state index in [-0.39, 0.29) is 6.04 Å². The van der Waals surface area contributed by atoms with E-state index in [1.54, 1.807) is 12.1 Å². The fourth-order valence-corrected chi connectivity index (χ4v) is 2.88. The molecule has 0 aromatic heterocycles. The lowest BCUT2D eigenvalue weighted by molar-refractivity contribution is 0.884. The van der Waals surface area contributed by atoms with Crippen molar-refractivity contribution in [2.45, 2.75) is 13.0 Å². The number of hydrogen-bond donors (Lipinski definition) is 1. The van der Waals surface area contributed by atoms with Crippen molar-refractivity contribution in [1.29, 1.82) is 5.26 Å². The van der Waals surface area contributed by atoms with Gasteiger partial charge in [0.2, 0.25) is 0 Å². The van der Waals surface area contributed by atoms with Crippen LogP contribution in [0.5, 0.6) is 0 Å². The van der Waals surface area contributed by atoms with Crippen molar-refractivity contribution in [3.05, 3.63) is 62.0 Å². The average Bonchev–Trinajstić information content (AvgIpc) is 2.40. The normalized spacial score (nSPS) is 11.8.